The van der Waals surface area contributed by atoms with Crippen molar-refractivity contribution in [3.8, 4) is 11.5 Å². The summed E-state index contributed by atoms with van der Waals surface area (Å²) in [6.45, 7) is 5.72. The van der Waals surface area contributed by atoms with E-state index >= 15 is 0 Å². The molecule has 0 aliphatic carbocycles. The second-order valence-electron chi connectivity index (χ2n) is 4.18. The highest BCUT2D eigenvalue weighted by Crippen LogP contribution is 2.29. The largest absolute Gasteiger partial charge is 0.504 e. The van der Waals surface area contributed by atoms with Gasteiger partial charge in [-0.1, -0.05) is 12.1 Å². The molecule has 1 aromatic carbocycles. The van der Waals surface area contributed by atoms with E-state index in [1.165, 1.54) is 0 Å². The zero-order valence-electron chi connectivity index (χ0n) is 11.1. The number of aromatic nitrogens is 1. The van der Waals surface area contributed by atoms with E-state index in [1.54, 1.807) is 17.4 Å². The SMILES string of the molecule is CCOc1cccc(CNCc2nc(C)cs2)c1O. The van der Waals surface area contributed by atoms with Crippen LogP contribution in [0.2, 0.25) is 0 Å². The van der Waals surface area contributed by atoms with Crippen molar-refractivity contribution in [2.75, 3.05) is 6.61 Å². The molecule has 19 heavy (non-hydrogen) atoms. The topological polar surface area (TPSA) is 54.4 Å². The minimum atomic E-state index is 0.215. The van der Waals surface area contributed by atoms with Gasteiger partial charge in [0.1, 0.15) is 5.01 Å². The number of hydrogen-bond donors (Lipinski definition) is 2. The predicted molar refractivity (Wildman–Crippen MR) is 76.7 cm³/mol. The Kier molecular flexibility index (Phi) is 4.76. The van der Waals surface area contributed by atoms with Crippen LogP contribution in [0.25, 0.3) is 0 Å². The predicted octanol–water partition coefficient (Wildman–Crippen LogP) is 2.85. The van der Waals surface area contributed by atoms with Crippen LogP contribution in [0.3, 0.4) is 0 Å². The van der Waals surface area contributed by atoms with Gasteiger partial charge >= 0.3 is 0 Å². The lowest BCUT2D eigenvalue weighted by Gasteiger charge is -2.10. The van der Waals surface area contributed by atoms with Gasteiger partial charge < -0.3 is 15.2 Å². The maximum absolute atomic E-state index is 10.0. The summed E-state index contributed by atoms with van der Waals surface area (Å²) in [5, 5.41) is 16.4. The molecular formula is C14H18N2O2S. The summed E-state index contributed by atoms with van der Waals surface area (Å²) in [6.07, 6.45) is 0. The van der Waals surface area contributed by atoms with Crippen molar-refractivity contribution in [1.29, 1.82) is 0 Å². The van der Waals surface area contributed by atoms with Crippen LogP contribution in [0.1, 0.15) is 23.2 Å². The standard InChI is InChI=1S/C14H18N2O2S/c1-3-18-12-6-4-5-11(14(12)17)7-15-8-13-16-10(2)9-19-13/h4-6,9,15,17H,3,7-8H2,1-2H3. The highest BCUT2D eigenvalue weighted by molar-refractivity contribution is 7.09. The number of ether oxygens (including phenoxy) is 1. The molecule has 102 valence electrons. The molecule has 0 aliphatic heterocycles. The van der Waals surface area contributed by atoms with Crippen LogP contribution in [0, 0.1) is 6.92 Å². The number of hydrogen-bond acceptors (Lipinski definition) is 5. The Morgan fingerprint density at radius 3 is 2.89 bits per heavy atom. The Labute approximate surface area is 117 Å². The van der Waals surface area contributed by atoms with Crippen LogP contribution in [-0.2, 0) is 13.1 Å². The third-order valence-electron chi connectivity index (χ3n) is 2.64. The Morgan fingerprint density at radius 2 is 2.21 bits per heavy atom. The number of nitrogens with zero attached hydrogens (tertiary/aromatic N) is 1. The quantitative estimate of drug-likeness (QED) is 0.853. The number of aromatic hydroxyl groups is 1. The van der Waals surface area contributed by atoms with Crippen LogP contribution in [0.5, 0.6) is 11.5 Å². The molecule has 1 aromatic heterocycles. The van der Waals surface area contributed by atoms with Crippen LogP contribution in [0.4, 0.5) is 0 Å². The number of aryl methyl sites for hydroxylation is 1. The minimum absolute atomic E-state index is 0.215. The fourth-order valence-electron chi connectivity index (χ4n) is 1.77. The lowest BCUT2D eigenvalue weighted by atomic mass is 10.2. The molecule has 0 unspecified atom stereocenters. The molecule has 0 fully saturated rings. The monoisotopic (exact) mass is 278 g/mol. The molecule has 0 aliphatic rings. The van der Waals surface area contributed by atoms with Gasteiger partial charge in [-0.25, -0.2) is 4.98 Å². The Morgan fingerprint density at radius 1 is 1.37 bits per heavy atom. The number of thiazole rings is 1. The molecule has 2 rings (SSSR count). The molecule has 1 heterocycles. The lowest BCUT2D eigenvalue weighted by molar-refractivity contribution is 0.316. The summed E-state index contributed by atoms with van der Waals surface area (Å²) in [7, 11) is 0. The lowest BCUT2D eigenvalue weighted by Crippen LogP contribution is -2.12. The van der Waals surface area contributed by atoms with Gasteiger partial charge in [-0.15, -0.1) is 11.3 Å². The average Bonchev–Trinajstić information content (AvgIpc) is 2.80. The van der Waals surface area contributed by atoms with Gasteiger partial charge in [0.05, 0.1) is 6.61 Å². The zero-order chi connectivity index (χ0) is 13.7. The first-order valence-electron chi connectivity index (χ1n) is 6.26. The third-order valence-corrected chi connectivity index (χ3v) is 3.61. The number of para-hydroxylation sites is 1. The number of phenols is 1. The van der Waals surface area contributed by atoms with E-state index in [2.05, 4.69) is 10.3 Å². The molecule has 0 amide bonds. The normalized spacial score (nSPS) is 10.6. The summed E-state index contributed by atoms with van der Waals surface area (Å²) in [5.41, 5.74) is 1.88. The first kappa shape index (κ1) is 13.8. The number of benzene rings is 1. The Hall–Kier alpha value is -1.59. The Bertz CT molecular complexity index is 540. The van der Waals surface area contributed by atoms with Crippen molar-refractivity contribution in [3.63, 3.8) is 0 Å². The van der Waals surface area contributed by atoms with Crippen LogP contribution < -0.4 is 10.1 Å². The second-order valence-corrected chi connectivity index (χ2v) is 5.13. The highest BCUT2D eigenvalue weighted by Gasteiger charge is 2.07. The summed E-state index contributed by atoms with van der Waals surface area (Å²) in [4.78, 5) is 4.38. The summed E-state index contributed by atoms with van der Waals surface area (Å²) in [6, 6.07) is 5.54. The molecule has 5 heteroatoms. The molecule has 0 saturated carbocycles. The van der Waals surface area contributed by atoms with Crippen molar-refractivity contribution in [2.24, 2.45) is 0 Å². The summed E-state index contributed by atoms with van der Waals surface area (Å²) in [5.74, 6) is 0.749. The van der Waals surface area contributed by atoms with E-state index in [1.807, 2.05) is 31.4 Å². The third kappa shape index (κ3) is 3.68. The van der Waals surface area contributed by atoms with Crippen molar-refractivity contribution < 1.29 is 9.84 Å². The van der Waals surface area contributed by atoms with E-state index in [-0.39, 0.29) is 5.75 Å². The van der Waals surface area contributed by atoms with E-state index < -0.39 is 0 Å². The van der Waals surface area contributed by atoms with Crippen LogP contribution in [-0.4, -0.2) is 16.7 Å². The molecule has 2 aromatic rings. The molecule has 0 spiro atoms. The number of phenolic OH excluding ortho intramolecular Hbond substituents is 1. The zero-order valence-corrected chi connectivity index (χ0v) is 12.0. The van der Waals surface area contributed by atoms with Crippen LogP contribution >= 0.6 is 11.3 Å². The smallest absolute Gasteiger partial charge is 0.162 e. The summed E-state index contributed by atoms with van der Waals surface area (Å²) >= 11 is 1.64. The average molecular weight is 278 g/mol. The summed E-state index contributed by atoms with van der Waals surface area (Å²) < 4.78 is 5.36. The van der Waals surface area contributed by atoms with Crippen molar-refractivity contribution >= 4 is 11.3 Å². The van der Waals surface area contributed by atoms with Gasteiger partial charge in [0.25, 0.3) is 0 Å². The van der Waals surface area contributed by atoms with Gasteiger partial charge in [-0.2, -0.15) is 0 Å². The first-order chi connectivity index (χ1) is 9.20. The van der Waals surface area contributed by atoms with E-state index in [4.69, 9.17) is 4.74 Å². The van der Waals surface area contributed by atoms with E-state index in [0.717, 1.165) is 16.3 Å². The van der Waals surface area contributed by atoms with Crippen LogP contribution in [0.15, 0.2) is 23.6 Å². The number of nitrogens with one attached hydrogen (secondary N) is 1. The van der Waals surface area contributed by atoms with Gasteiger partial charge in [0.15, 0.2) is 11.5 Å². The minimum Gasteiger partial charge on any atom is -0.504 e. The number of rotatable bonds is 6. The molecule has 0 bridgehead atoms. The Balaban J connectivity index is 1.94. The first-order valence-corrected chi connectivity index (χ1v) is 7.14. The maximum Gasteiger partial charge on any atom is 0.162 e. The molecule has 0 atom stereocenters. The van der Waals surface area contributed by atoms with Crippen molar-refractivity contribution in [1.82, 2.24) is 10.3 Å². The highest BCUT2D eigenvalue weighted by atomic mass is 32.1. The fourth-order valence-corrected chi connectivity index (χ4v) is 2.51. The van der Waals surface area contributed by atoms with E-state index in [0.29, 0.717) is 25.4 Å². The van der Waals surface area contributed by atoms with Gasteiger partial charge in [-0.3, -0.25) is 0 Å². The van der Waals surface area contributed by atoms with Gasteiger partial charge in [0.2, 0.25) is 0 Å². The fraction of sp³-hybridized carbons (Fsp3) is 0.357. The molecule has 0 radical (unpaired) electrons. The molecular weight excluding hydrogens is 260 g/mol. The van der Waals surface area contributed by atoms with Gasteiger partial charge in [0, 0.05) is 29.7 Å². The van der Waals surface area contributed by atoms with Crippen molar-refractivity contribution in [2.45, 2.75) is 26.9 Å². The molecule has 2 N–H and O–H groups in total. The second kappa shape index (κ2) is 6.54. The molecule has 4 nitrogen and oxygen atoms in total. The van der Waals surface area contributed by atoms with E-state index in [9.17, 15) is 5.11 Å². The van der Waals surface area contributed by atoms with Gasteiger partial charge in [-0.05, 0) is 19.9 Å². The molecule has 0 saturated heterocycles. The maximum atomic E-state index is 10.0. The van der Waals surface area contributed by atoms with Crippen molar-refractivity contribution in [3.05, 3.63) is 39.8 Å².